The number of hydrogen-bond donors (Lipinski definition) is 1. The van der Waals surface area contributed by atoms with E-state index in [1.807, 2.05) is 6.07 Å². The Morgan fingerprint density at radius 2 is 1.63 bits per heavy atom. The van der Waals surface area contributed by atoms with E-state index in [4.69, 9.17) is 4.74 Å². The van der Waals surface area contributed by atoms with Crippen molar-refractivity contribution in [1.82, 2.24) is 20.2 Å². The van der Waals surface area contributed by atoms with E-state index in [2.05, 4.69) is 20.8 Å². The van der Waals surface area contributed by atoms with Crippen LogP contribution in [0.5, 0.6) is 5.75 Å². The van der Waals surface area contributed by atoms with Crippen LogP contribution in [0.4, 0.5) is 5.69 Å². The number of ether oxygens (including phenoxy) is 1. The third-order valence-electron chi connectivity index (χ3n) is 4.30. The third-order valence-corrected chi connectivity index (χ3v) is 4.30. The van der Waals surface area contributed by atoms with Gasteiger partial charge in [-0.3, -0.25) is 9.59 Å². The van der Waals surface area contributed by atoms with Crippen LogP contribution in [0.25, 0.3) is 5.69 Å². The molecule has 0 radical (unpaired) electrons. The Hall–Kier alpha value is -4.33. The highest BCUT2D eigenvalue weighted by Crippen LogP contribution is 2.20. The zero-order chi connectivity index (χ0) is 20.8. The van der Waals surface area contributed by atoms with Gasteiger partial charge < -0.3 is 10.1 Å². The van der Waals surface area contributed by atoms with Crippen LogP contribution in [0.3, 0.4) is 0 Å². The van der Waals surface area contributed by atoms with E-state index in [0.29, 0.717) is 22.6 Å². The Bertz CT molecular complexity index is 1140. The number of rotatable bonds is 7. The molecule has 0 saturated carbocycles. The van der Waals surface area contributed by atoms with Crippen LogP contribution >= 0.6 is 0 Å². The molecule has 0 unspecified atom stereocenters. The molecule has 4 aromatic rings. The average Bonchev–Trinajstić information content (AvgIpc) is 3.34. The molecule has 1 aromatic heterocycles. The molecule has 3 aromatic carbocycles. The molecular formula is C22H17N5O3. The van der Waals surface area contributed by atoms with E-state index in [-0.39, 0.29) is 18.3 Å². The largest absolute Gasteiger partial charge is 0.484 e. The second-order valence-corrected chi connectivity index (χ2v) is 6.33. The van der Waals surface area contributed by atoms with Gasteiger partial charge in [-0.2, -0.15) is 0 Å². The lowest BCUT2D eigenvalue weighted by molar-refractivity contribution is -0.118. The molecule has 8 heteroatoms. The smallest absolute Gasteiger partial charge is 0.262 e. The fourth-order valence-electron chi connectivity index (χ4n) is 2.85. The number of tetrazole rings is 1. The third kappa shape index (κ3) is 4.39. The molecule has 0 spiro atoms. The predicted molar refractivity (Wildman–Crippen MR) is 110 cm³/mol. The van der Waals surface area contributed by atoms with Crippen molar-refractivity contribution < 1.29 is 14.3 Å². The lowest BCUT2D eigenvalue weighted by Crippen LogP contribution is -2.21. The molecule has 0 atom stereocenters. The Morgan fingerprint density at radius 3 is 2.37 bits per heavy atom. The molecule has 1 heterocycles. The van der Waals surface area contributed by atoms with E-state index in [0.717, 1.165) is 5.69 Å². The van der Waals surface area contributed by atoms with Crippen LogP contribution in [0.2, 0.25) is 0 Å². The van der Waals surface area contributed by atoms with Crippen molar-refractivity contribution in [3.63, 3.8) is 0 Å². The summed E-state index contributed by atoms with van der Waals surface area (Å²) in [6.07, 6.45) is 1.48. The summed E-state index contributed by atoms with van der Waals surface area (Å²) in [5.74, 6) is -0.00547. The average molecular weight is 399 g/mol. The zero-order valence-corrected chi connectivity index (χ0v) is 15.8. The molecule has 0 saturated heterocycles. The van der Waals surface area contributed by atoms with Gasteiger partial charge in [-0.15, -0.1) is 5.10 Å². The highest BCUT2D eigenvalue weighted by molar-refractivity contribution is 6.13. The minimum Gasteiger partial charge on any atom is -0.484 e. The number of amides is 1. The molecule has 4 rings (SSSR count). The maximum atomic E-state index is 12.8. The quantitative estimate of drug-likeness (QED) is 0.480. The van der Waals surface area contributed by atoms with Crippen LogP contribution in [0.15, 0.2) is 85.2 Å². The molecule has 0 bridgehead atoms. The molecule has 0 aliphatic carbocycles. The first-order valence-corrected chi connectivity index (χ1v) is 9.15. The van der Waals surface area contributed by atoms with Gasteiger partial charge in [0.2, 0.25) is 0 Å². The SMILES string of the molecule is O=C(COc1ccc(-n2cnnn2)cc1)Nc1ccccc1C(=O)c1ccccc1. The van der Waals surface area contributed by atoms with Gasteiger partial charge in [-0.25, -0.2) is 4.68 Å². The number of anilines is 1. The van der Waals surface area contributed by atoms with Crippen molar-refractivity contribution in [2.24, 2.45) is 0 Å². The standard InChI is InChI=1S/C22H17N5O3/c28-21(14-30-18-12-10-17(11-13-18)27-15-23-25-26-27)24-20-9-5-4-8-19(20)22(29)16-6-2-1-3-7-16/h1-13,15H,14H2,(H,24,28). The monoisotopic (exact) mass is 399 g/mol. The van der Waals surface area contributed by atoms with Gasteiger partial charge in [0.1, 0.15) is 12.1 Å². The van der Waals surface area contributed by atoms with Crippen molar-refractivity contribution >= 4 is 17.4 Å². The second kappa shape index (κ2) is 8.78. The van der Waals surface area contributed by atoms with Crippen molar-refractivity contribution in [3.8, 4) is 11.4 Å². The number of carbonyl (C=O) groups excluding carboxylic acids is 2. The van der Waals surface area contributed by atoms with E-state index in [1.165, 1.54) is 11.0 Å². The number of ketones is 1. The summed E-state index contributed by atoms with van der Waals surface area (Å²) in [6.45, 7) is -0.196. The van der Waals surface area contributed by atoms with Crippen LogP contribution in [0, 0.1) is 0 Å². The minimum absolute atomic E-state index is 0.161. The Balaban J connectivity index is 1.39. The maximum Gasteiger partial charge on any atom is 0.262 e. The van der Waals surface area contributed by atoms with Gasteiger partial charge in [-0.1, -0.05) is 42.5 Å². The van der Waals surface area contributed by atoms with Crippen LogP contribution in [-0.2, 0) is 4.79 Å². The van der Waals surface area contributed by atoms with Crippen molar-refractivity contribution in [3.05, 3.63) is 96.3 Å². The fraction of sp³-hybridized carbons (Fsp3) is 0.0455. The topological polar surface area (TPSA) is 99.0 Å². The van der Waals surface area contributed by atoms with Gasteiger partial charge >= 0.3 is 0 Å². The highest BCUT2D eigenvalue weighted by Gasteiger charge is 2.15. The second-order valence-electron chi connectivity index (χ2n) is 6.33. The minimum atomic E-state index is -0.368. The summed E-state index contributed by atoms with van der Waals surface area (Å²) in [5, 5.41) is 13.7. The van der Waals surface area contributed by atoms with Crippen LogP contribution < -0.4 is 10.1 Å². The lowest BCUT2D eigenvalue weighted by Gasteiger charge is -2.11. The first-order valence-electron chi connectivity index (χ1n) is 9.15. The Labute approximate surface area is 172 Å². The highest BCUT2D eigenvalue weighted by atomic mass is 16.5. The number of nitrogens with one attached hydrogen (secondary N) is 1. The molecule has 0 aliphatic heterocycles. The summed E-state index contributed by atoms with van der Waals surface area (Å²) in [4.78, 5) is 25.1. The molecular weight excluding hydrogens is 382 g/mol. The van der Waals surface area contributed by atoms with E-state index in [9.17, 15) is 9.59 Å². The van der Waals surface area contributed by atoms with E-state index < -0.39 is 0 Å². The number of hydrogen-bond acceptors (Lipinski definition) is 6. The molecule has 8 nitrogen and oxygen atoms in total. The predicted octanol–water partition coefficient (Wildman–Crippen LogP) is 2.91. The number of aromatic nitrogens is 4. The van der Waals surface area contributed by atoms with Gasteiger partial charge in [-0.05, 0) is 46.8 Å². The van der Waals surface area contributed by atoms with Crippen LogP contribution in [-0.4, -0.2) is 38.5 Å². The Morgan fingerprint density at radius 1 is 0.900 bits per heavy atom. The number of carbonyl (C=O) groups is 2. The molecule has 30 heavy (non-hydrogen) atoms. The fourth-order valence-corrected chi connectivity index (χ4v) is 2.85. The van der Waals surface area contributed by atoms with Gasteiger partial charge in [0.15, 0.2) is 12.4 Å². The van der Waals surface area contributed by atoms with Gasteiger partial charge in [0, 0.05) is 11.1 Å². The molecule has 148 valence electrons. The van der Waals surface area contributed by atoms with Crippen molar-refractivity contribution in [2.45, 2.75) is 0 Å². The van der Waals surface area contributed by atoms with Crippen molar-refractivity contribution in [1.29, 1.82) is 0 Å². The van der Waals surface area contributed by atoms with E-state index in [1.54, 1.807) is 72.8 Å². The molecule has 0 aliphatic rings. The zero-order valence-electron chi connectivity index (χ0n) is 15.8. The van der Waals surface area contributed by atoms with Crippen LogP contribution in [0.1, 0.15) is 15.9 Å². The number of nitrogens with zero attached hydrogens (tertiary/aromatic N) is 4. The summed E-state index contributed by atoms with van der Waals surface area (Å²) in [7, 11) is 0. The first-order chi connectivity index (χ1) is 14.7. The number of benzene rings is 3. The van der Waals surface area contributed by atoms with Gasteiger partial charge in [0.25, 0.3) is 5.91 Å². The molecule has 1 N–H and O–H groups in total. The summed E-state index contributed by atoms with van der Waals surface area (Å²) in [5.41, 5.74) is 2.18. The first kappa shape index (κ1) is 19.0. The normalized spacial score (nSPS) is 10.4. The van der Waals surface area contributed by atoms with E-state index >= 15 is 0 Å². The van der Waals surface area contributed by atoms with Crippen molar-refractivity contribution in [2.75, 3.05) is 11.9 Å². The number of para-hydroxylation sites is 1. The summed E-state index contributed by atoms with van der Waals surface area (Å²) >= 11 is 0. The molecule has 1 amide bonds. The summed E-state index contributed by atoms with van der Waals surface area (Å²) < 4.78 is 7.05. The van der Waals surface area contributed by atoms with Gasteiger partial charge in [0.05, 0.1) is 11.4 Å². The summed E-state index contributed by atoms with van der Waals surface area (Å²) in [6, 6.07) is 22.8. The Kier molecular flexibility index (Phi) is 5.56. The molecule has 0 fully saturated rings. The lowest BCUT2D eigenvalue weighted by atomic mass is 10.0. The maximum absolute atomic E-state index is 12.8.